The fraction of sp³-hybridized carbons (Fsp3) is 0.381. The lowest BCUT2D eigenvalue weighted by molar-refractivity contribution is -0.0247. The zero-order chi connectivity index (χ0) is 18.9. The number of aromatic nitrogens is 3. The lowest BCUT2D eigenvalue weighted by Crippen LogP contribution is -2.42. The van der Waals surface area contributed by atoms with Crippen LogP contribution in [-0.2, 0) is 4.74 Å². The van der Waals surface area contributed by atoms with Gasteiger partial charge in [-0.3, -0.25) is 4.79 Å². The number of hydrogen-bond acceptors (Lipinski definition) is 5. The standard InChI is InChI=1S/C21H23N5O2/c27-20(16-3-4-17-15(13-16)5-7-22-17)26-11-12-28-19(14-26)18-6-8-23-21(24-18)25-9-1-2-10-25/h3-8,13,19,22H,1-2,9-12,14H2/t19-/m0/s1. The van der Waals surface area contributed by atoms with Crippen molar-refractivity contribution in [2.75, 3.05) is 37.7 Å². The summed E-state index contributed by atoms with van der Waals surface area (Å²) in [6.07, 6.45) is 5.82. The van der Waals surface area contributed by atoms with E-state index < -0.39 is 0 Å². The number of carbonyl (C=O) groups excluding carboxylic acids is 1. The zero-order valence-corrected chi connectivity index (χ0v) is 15.7. The predicted molar refractivity (Wildman–Crippen MR) is 106 cm³/mol. The van der Waals surface area contributed by atoms with E-state index in [4.69, 9.17) is 9.72 Å². The van der Waals surface area contributed by atoms with Crippen molar-refractivity contribution in [2.24, 2.45) is 0 Å². The van der Waals surface area contributed by atoms with E-state index in [1.165, 1.54) is 12.8 Å². The monoisotopic (exact) mass is 377 g/mol. The van der Waals surface area contributed by atoms with Gasteiger partial charge in [-0.05, 0) is 43.2 Å². The highest BCUT2D eigenvalue weighted by Crippen LogP contribution is 2.25. The van der Waals surface area contributed by atoms with Gasteiger partial charge in [-0.15, -0.1) is 0 Å². The molecule has 7 heteroatoms. The number of carbonyl (C=O) groups is 1. The maximum Gasteiger partial charge on any atom is 0.254 e. The molecule has 2 fully saturated rings. The Hall–Kier alpha value is -2.93. The number of nitrogens with one attached hydrogen (secondary N) is 1. The molecule has 1 aromatic carbocycles. The maximum absolute atomic E-state index is 13.0. The molecule has 0 saturated carbocycles. The number of anilines is 1. The second kappa shape index (κ2) is 7.24. The van der Waals surface area contributed by atoms with E-state index >= 15 is 0 Å². The largest absolute Gasteiger partial charge is 0.368 e. The molecule has 1 N–H and O–H groups in total. The Labute approximate surface area is 163 Å². The van der Waals surface area contributed by atoms with Gasteiger partial charge in [0, 0.05) is 48.5 Å². The first-order chi connectivity index (χ1) is 13.8. The third kappa shape index (κ3) is 3.22. The number of morpholine rings is 1. The van der Waals surface area contributed by atoms with Crippen LogP contribution < -0.4 is 4.90 Å². The Kier molecular flexibility index (Phi) is 4.44. The lowest BCUT2D eigenvalue weighted by atomic mass is 10.1. The Morgan fingerprint density at radius 3 is 2.93 bits per heavy atom. The van der Waals surface area contributed by atoms with E-state index in [1.807, 2.05) is 41.4 Å². The smallest absolute Gasteiger partial charge is 0.254 e. The second-order valence-corrected chi connectivity index (χ2v) is 7.37. The first kappa shape index (κ1) is 17.2. The van der Waals surface area contributed by atoms with Crippen molar-refractivity contribution in [1.82, 2.24) is 19.9 Å². The van der Waals surface area contributed by atoms with Crippen molar-refractivity contribution in [3.63, 3.8) is 0 Å². The highest BCUT2D eigenvalue weighted by atomic mass is 16.5. The van der Waals surface area contributed by atoms with Crippen LogP contribution >= 0.6 is 0 Å². The summed E-state index contributed by atoms with van der Waals surface area (Å²) < 4.78 is 5.95. The van der Waals surface area contributed by atoms with Crippen molar-refractivity contribution < 1.29 is 9.53 Å². The maximum atomic E-state index is 13.0. The number of aromatic amines is 1. The van der Waals surface area contributed by atoms with Crippen LogP contribution in [0.3, 0.4) is 0 Å². The SMILES string of the molecule is O=C(c1ccc2[nH]ccc2c1)N1CCO[C@H](c2ccnc(N3CCCC3)n2)C1. The van der Waals surface area contributed by atoms with E-state index in [0.29, 0.717) is 25.3 Å². The molecule has 2 aliphatic heterocycles. The first-order valence-corrected chi connectivity index (χ1v) is 9.84. The molecule has 7 nitrogen and oxygen atoms in total. The van der Waals surface area contributed by atoms with Crippen molar-refractivity contribution in [2.45, 2.75) is 18.9 Å². The number of fused-ring (bicyclic) bond motifs is 1. The molecule has 0 aliphatic carbocycles. The first-order valence-electron chi connectivity index (χ1n) is 9.84. The quantitative estimate of drug-likeness (QED) is 0.760. The Morgan fingerprint density at radius 1 is 1.14 bits per heavy atom. The van der Waals surface area contributed by atoms with Crippen LogP contribution in [0.1, 0.15) is 35.0 Å². The number of rotatable bonds is 3. The molecule has 3 aromatic rings. The number of benzene rings is 1. The van der Waals surface area contributed by atoms with Gasteiger partial charge in [-0.2, -0.15) is 0 Å². The van der Waals surface area contributed by atoms with Gasteiger partial charge in [-0.1, -0.05) is 0 Å². The van der Waals surface area contributed by atoms with E-state index in [0.717, 1.165) is 35.6 Å². The molecule has 0 unspecified atom stereocenters. The van der Waals surface area contributed by atoms with Gasteiger partial charge in [0.2, 0.25) is 5.95 Å². The summed E-state index contributed by atoms with van der Waals surface area (Å²) in [4.78, 5) is 29.4. The minimum atomic E-state index is -0.224. The number of amides is 1. The minimum absolute atomic E-state index is 0.0326. The number of ether oxygens (including phenoxy) is 1. The van der Waals surface area contributed by atoms with Gasteiger partial charge >= 0.3 is 0 Å². The van der Waals surface area contributed by atoms with Crippen molar-refractivity contribution in [1.29, 1.82) is 0 Å². The molecule has 2 aromatic heterocycles. The average molecular weight is 377 g/mol. The fourth-order valence-electron chi connectivity index (χ4n) is 3.99. The number of H-pyrrole nitrogens is 1. The molecular formula is C21H23N5O2. The van der Waals surface area contributed by atoms with E-state index in [-0.39, 0.29) is 12.0 Å². The van der Waals surface area contributed by atoms with Crippen molar-refractivity contribution in [3.8, 4) is 0 Å². The molecule has 28 heavy (non-hydrogen) atoms. The molecule has 144 valence electrons. The second-order valence-electron chi connectivity index (χ2n) is 7.37. The normalized spacial score (nSPS) is 20.1. The van der Waals surface area contributed by atoms with Crippen LogP contribution in [0, 0.1) is 0 Å². The molecule has 1 amide bonds. The van der Waals surface area contributed by atoms with Gasteiger partial charge in [0.15, 0.2) is 0 Å². The third-order valence-corrected chi connectivity index (χ3v) is 5.54. The Balaban J connectivity index is 1.34. The van der Waals surface area contributed by atoms with Crippen LogP contribution in [0.5, 0.6) is 0 Å². The highest BCUT2D eigenvalue weighted by Gasteiger charge is 2.28. The van der Waals surface area contributed by atoms with E-state index in [1.54, 1.807) is 6.20 Å². The van der Waals surface area contributed by atoms with Gasteiger partial charge in [0.25, 0.3) is 5.91 Å². The average Bonchev–Trinajstić information content (AvgIpc) is 3.45. The van der Waals surface area contributed by atoms with Crippen molar-refractivity contribution >= 4 is 22.8 Å². The number of hydrogen-bond donors (Lipinski definition) is 1. The predicted octanol–water partition coefficient (Wildman–Crippen LogP) is 2.77. The molecule has 2 aliphatic rings. The van der Waals surface area contributed by atoms with Crippen molar-refractivity contribution in [3.05, 3.63) is 54.0 Å². The van der Waals surface area contributed by atoms with Gasteiger partial charge in [0.05, 0.1) is 18.8 Å². The molecule has 5 rings (SSSR count). The van der Waals surface area contributed by atoms with Crippen LogP contribution in [0.25, 0.3) is 10.9 Å². The molecule has 1 atom stereocenters. The summed E-state index contributed by atoms with van der Waals surface area (Å²) in [6.45, 7) is 3.60. The third-order valence-electron chi connectivity index (χ3n) is 5.54. The lowest BCUT2D eigenvalue weighted by Gasteiger charge is -2.33. The fourth-order valence-corrected chi connectivity index (χ4v) is 3.99. The summed E-state index contributed by atoms with van der Waals surface area (Å²) in [5.74, 6) is 0.796. The summed E-state index contributed by atoms with van der Waals surface area (Å²) in [7, 11) is 0. The molecular weight excluding hydrogens is 354 g/mol. The number of nitrogens with zero attached hydrogens (tertiary/aromatic N) is 4. The van der Waals surface area contributed by atoms with Crippen LogP contribution in [0.2, 0.25) is 0 Å². The van der Waals surface area contributed by atoms with Crippen LogP contribution in [-0.4, -0.2) is 58.5 Å². The molecule has 4 heterocycles. The molecule has 2 saturated heterocycles. The summed E-state index contributed by atoms with van der Waals surface area (Å²) >= 11 is 0. The Bertz CT molecular complexity index is 995. The van der Waals surface area contributed by atoms with Crippen LogP contribution in [0.15, 0.2) is 42.7 Å². The van der Waals surface area contributed by atoms with Gasteiger partial charge < -0.3 is 19.5 Å². The molecule has 0 spiro atoms. The highest BCUT2D eigenvalue weighted by molar-refractivity contribution is 5.98. The molecule has 0 radical (unpaired) electrons. The van der Waals surface area contributed by atoms with Gasteiger partial charge in [-0.25, -0.2) is 9.97 Å². The minimum Gasteiger partial charge on any atom is -0.368 e. The topological polar surface area (TPSA) is 74.3 Å². The van der Waals surface area contributed by atoms with E-state index in [9.17, 15) is 4.79 Å². The summed E-state index contributed by atoms with van der Waals surface area (Å²) in [5, 5.41) is 1.04. The Morgan fingerprint density at radius 2 is 2.04 bits per heavy atom. The van der Waals surface area contributed by atoms with Gasteiger partial charge in [0.1, 0.15) is 6.10 Å². The van der Waals surface area contributed by atoms with Crippen LogP contribution in [0.4, 0.5) is 5.95 Å². The summed E-state index contributed by atoms with van der Waals surface area (Å²) in [5.41, 5.74) is 2.58. The molecule has 0 bridgehead atoms. The zero-order valence-electron chi connectivity index (χ0n) is 15.7. The summed E-state index contributed by atoms with van der Waals surface area (Å²) in [6, 6.07) is 9.64. The van der Waals surface area contributed by atoms with E-state index in [2.05, 4.69) is 14.9 Å².